The van der Waals surface area contributed by atoms with Crippen LogP contribution in [-0.2, 0) is 0 Å². The molecule has 2 N–H and O–H groups in total. The monoisotopic (exact) mass is 282 g/mol. The lowest BCUT2D eigenvalue weighted by Crippen LogP contribution is -2.13. The van der Waals surface area contributed by atoms with E-state index in [1.165, 1.54) is 37.7 Å². The quantitative estimate of drug-likeness (QED) is 0.929. The van der Waals surface area contributed by atoms with Crippen molar-refractivity contribution in [2.24, 2.45) is 5.92 Å². The molecule has 1 fully saturated rings. The van der Waals surface area contributed by atoms with Crippen LogP contribution in [0.5, 0.6) is 0 Å². The second kappa shape index (κ2) is 6.20. The highest BCUT2D eigenvalue weighted by Crippen LogP contribution is 2.38. The lowest BCUT2D eigenvalue weighted by Gasteiger charge is -2.28. The summed E-state index contributed by atoms with van der Waals surface area (Å²) in [5.74, 6) is 2.67. The summed E-state index contributed by atoms with van der Waals surface area (Å²) in [4.78, 5) is 12.9. The molecular weight excluding hydrogens is 260 g/mol. The molecule has 2 heterocycles. The first kappa shape index (κ1) is 14.0. The fraction of sp³-hybridized carbons (Fsp3) is 0.471. The maximum absolute atomic E-state index is 6.00. The van der Waals surface area contributed by atoms with Crippen LogP contribution in [0.2, 0.25) is 0 Å². The lowest BCUT2D eigenvalue weighted by atomic mass is 9.78. The Bertz CT molecular complexity index is 589. The molecule has 2 aromatic rings. The molecule has 0 saturated heterocycles. The van der Waals surface area contributed by atoms with Crippen molar-refractivity contribution < 1.29 is 0 Å². The Hall–Kier alpha value is -1.97. The zero-order valence-corrected chi connectivity index (χ0v) is 12.5. The number of nitrogens with zero attached hydrogens (tertiary/aromatic N) is 3. The number of aromatic nitrogens is 3. The van der Waals surface area contributed by atoms with E-state index in [-0.39, 0.29) is 0 Å². The van der Waals surface area contributed by atoms with E-state index in [0.717, 1.165) is 11.5 Å². The minimum atomic E-state index is 0.507. The van der Waals surface area contributed by atoms with Crippen molar-refractivity contribution in [3.63, 3.8) is 0 Å². The number of hydrogen-bond donors (Lipinski definition) is 1. The van der Waals surface area contributed by atoms with Crippen molar-refractivity contribution in [3.05, 3.63) is 36.3 Å². The SMILES string of the molecule is CCC1CCC(c2cnc(N)c(-c3ncccn3)c2)CC1. The van der Waals surface area contributed by atoms with Gasteiger partial charge in [-0.05, 0) is 55.2 Å². The Morgan fingerprint density at radius 1 is 1.10 bits per heavy atom. The Balaban J connectivity index is 1.85. The molecule has 1 aliphatic rings. The molecule has 0 atom stereocenters. The van der Waals surface area contributed by atoms with E-state index >= 15 is 0 Å². The molecule has 0 aliphatic heterocycles. The fourth-order valence-electron chi connectivity index (χ4n) is 3.24. The molecule has 4 nitrogen and oxygen atoms in total. The molecule has 21 heavy (non-hydrogen) atoms. The summed E-state index contributed by atoms with van der Waals surface area (Å²) in [6, 6.07) is 3.94. The van der Waals surface area contributed by atoms with Gasteiger partial charge >= 0.3 is 0 Å². The smallest absolute Gasteiger partial charge is 0.162 e. The van der Waals surface area contributed by atoms with Crippen molar-refractivity contribution >= 4 is 5.82 Å². The zero-order chi connectivity index (χ0) is 14.7. The van der Waals surface area contributed by atoms with Gasteiger partial charge in [0.1, 0.15) is 5.82 Å². The van der Waals surface area contributed by atoms with Crippen molar-refractivity contribution in [1.82, 2.24) is 15.0 Å². The predicted octanol–water partition coefficient (Wildman–Crippen LogP) is 3.80. The summed E-state index contributed by atoms with van der Waals surface area (Å²) in [6.07, 6.45) is 11.8. The van der Waals surface area contributed by atoms with E-state index in [4.69, 9.17) is 5.73 Å². The molecular formula is C17H22N4. The van der Waals surface area contributed by atoms with Crippen molar-refractivity contribution in [2.45, 2.75) is 44.9 Å². The predicted molar refractivity (Wildman–Crippen MR) is 84.7 cm³/mol. The van der Waals surface area contributed by atoms with Gasteiger partial charge in [0.2, 0.25) is 0 Å². The second-order valence-electron chi connectivity index (χ2n) is 5.90. The van der Waals surface area contributed by atoms with Gasteiger partial charge in [0, 0.05) is 18.6 Å². The van der Waals surface area contributed by atoms with Gasteiger partial charge in [-0.25, -0.2) is 15.0 Å². The number of nitrogen functional groups attached to an aromatic ring is 1. The Labute approximate surface area is 125 Å². The Morgan fingerprint density at radius 2 is 1.81 bits per heavy atom. The number of nitrogens with two attached hydrogens (primary N) is 1. The first-order valence-electron chi connectivity index (χ1n) is 7.80. The average Bonchev–Trinajstić information content (AvgIpc) is 2.56. The molecule has 2 aromatic heterocycles. The van der Waals surface area contributed by atoms with Gasteiger partial charge in [-0.1, -0.05) is 13.3 Å². The van der Waals surface area contributed by atoms with E-state index in [9.17, 15) is 0 Å². The molecule has 0 aromatic carbocycles. The van der Waals surface area contributed by atoms with Crippen LogP contribution in [0.4, 0.5) is 5.82 Å². The molecule has 1 saturated carbocycles. The van der Waals surface area contributed by atoms with Gasteiger partial charge < -0.3 is 5.73 Å². The van der Waals surface area contributed by atoms with Crippen molar-refractivity contribution in [3.8, 4) is 11.4 Å². The summed E-state index contributed by atoms with van der Waals surface area (Å²) < 4.78 is 0. The van der Waals surface area contributed by atoms with Gasteiger partial charge in [-0.15, -0.1) is 0 Å². The maximum Gasteiger partial charge on any atom is 0.162 e. The zero-order valence-electron chi connectivity index (χ0n) is 12.5. The molecule has 110 valence electrons. The minimum Gasteiger partial charge on any atom is -0.383 e. The van der Waals surface area contributed by atoms with Gasteiger partial charge in [0.15, 0.2) is 5.82 Å². The topological polar surface area (TPSA) is 64.7 Å². The Kier molecular flexibility index (Phi) is 4.13. The highest BCUT2D eigenvalue weighted by atomic mass is 14.9. The third-order valence-electron chi connectivity index (χ3n) is 4.64. The molecule has 0 unspecified atom stereocenters. The highest BCUT2D eigenvalue weighted by molar-refractivity contribution is 5.68. The molecule has 0 radical (unpaired) electrons. The maximum atomic E-state index is 6.00. The first-order valence-corrected chi connectivity index (χ1v) is 7.80. The molecule has 3 rings (SSSR count). The number of rotatable bonds is 3. The summed E-state index contributed by atoms with van der Waals surface area (Å²) in [5.41, 5.74) is 8.13. The van der Waals surface area contributed by atoms with E-state index in [2.05, 4.69) is 27.9 Å². The van der Waals surface area contributed by atoms with Crippen LogP contribution in [0.1, 0.15) is 50.5 Å². The molecule has 1 aliphatic carbocycles. The standard InChI is InChI=1S/C17H22N4/c1-2-12-4-6-13(7-5-12)14-10-15(16(18)21-11-14)17-19-8-3-9-20-17/h3,8-13H,2,4-7H2,1H3,(H2,18,21). The number of pyridine rings is 1. The van der Waals surface area contributed by atoms with Crippen LogP contribution in [0.15, 0.2) is 30.7 Å². The average molecular weight is 282 g/mol. The Morgan fingerprint density at radius 3 is 2.48 bits per heavy atom. The van der Waals surface area contributed by atoms with E-state index in [1.807, 2.05) is 12.3 Å². The highest BCUT2D eigenvalue weighted by Gasteiger charge is 2.22. The normalized spacial score (nSPS) is 22.1. The van der Waals surface area contributed by atoms with Crippen LogP contribution in [0.25, 0.3) is 11.4 Å². The van der Waals surface area contributed by atoms with Crippen LogP contribution in [0.3, 0.4) is 0 Å². The minimum absolute atomic E-state index is 0.507. The number of anilines is 1. The molecule has 0 spiro atoms. The van der Waals surface area contributed by atoms with E-state index in [0.29, 0.717) is 17.6 Å². The summed E-state index contributed by atoms with van der Waals surface area (Å²) in [7, 11) is 0. The molecule has 4 heteroatoms. The van der Waals surface area contributed by atoms with Crippen LogP contribution in [-0.4, -0.2) is 15.0 Å². The molecule has 0 amide bonds. The second-order valence-corrected chi connectivity index (χ2v) is 5.90. The molecule has 0 bridgehead atoms. The summed E-state index contributed by atoms with van der Waals surface area (Å²) in [6.45, 7) is 2.29. The fourth-order valence-corrected chi connectivity index (χ4v) is 3.24. The van der Waals surface area contributed by atoms with E-state index < -0.39 is 0 Å². The van der Waals surface area contributed by atoms with Gasteiger partial charge in [-0.3, -0.25) is 0 Å². The first-order chi connectivity index (χ1) is 10.3. The van der Waals surface area contributed by atoms with Crippen LogP contribution < -0.4 is 5.73 Å². The lowest BCUT2D eigenvalue weighted by molar-refractivity contribution is 0.318. The summed E-state index contributed by atoms with van der Waals surface area (Å²) in [5, 5.41) is 0. The number of hydrogen-bond acceptors (Lipinski definition) is 4. The van der Waals surface area contributed by atoms with Gasteiger partial charge in [0.05, 0.1) is 5.56 Å². The van der Waals surface area contributed by atoms with Gasteiger partial charge in [0.25, 0.3) is 0 Å². The summed E-state index contributed by atoms with van der Waals surface area (Å²) >= 11 is 0. The third kappa shape index (κ3) is 3.04. The van der Waals surface area contributed by atoms with Crippen LogP contribution in [0, 0.1) is 5.92 Å². The van der Waals surface area contributed by atoms with Crippen molar-refractivity contribution in [1.29, 1.82) is 0 Å². The van der Waals surface area contributed by atoms with Gasteiger partial charge in [-0.2, -0.15) is 0 Å². The van der Waals surface area contributed by atoms with E-state index in [1.54, 1.807) is 12.4 Å². The largest absolute Gasteiger partial charge is 0.383 e. The third-order valence-corrected chi connectivity index (χ3v) is 4.64. The van der Waals surface area contributed by atoms with Crippen LogP contribution >= 0.6 is 0 Å². The van der Waals surface area contributed by atoms with Crippen molar-refractivity contribution in [2.75, 3.05) is 5.73 Å².